The molecule has 1 N–H and O–H groups in total. The number of nitrogens with one attached hydrogen (secondary N) is 1. The molecule has 0 unspecified atom stereocenters. The summed E-state index contributed by atoms with van der Waals surface area (Å²) in [5.41, 5.74) is 4.88. The Morgan fingerprint density at radius 3 is 2.71 bits per heavy atom. The molecular formula is C26H28ClN7. The van der Waals surface area contributed by atoms with Crippen LogP contribution in [-0.2, 0) is 13.1 Å². The first kappa shape index (κ1) is 22.5. The number of pyridine rings is 2. The summed E-state index contributed by atoms with van der Waals surface area (Å²) < 4.78 is 1.91. The predicted octanol–water partition coefficient (Wildman–Crippen LogP) is 5.14. The highest BCUT2D eigenvalue weighted by Crippen LogP contribution is 2.27. The van der Waals surface area contributed by atoms with Crippen LogP contribution in [0.2, 0.25) is 5.02 Å². The summed E-state index contributed by atoms with van der Waals surface area (Å²) in [6.45, 7) is 4.63. The molecule has 0 spiro atoms. The summed E-state index contributed by atoms with van der Waals surface area (Å²) in [4.78, 5) is 11.3. The number of hydrogen-bond acceptors (Lipinski definition) is 6. The third-order valence-corrected chi connectivity index (χ3v) is 6.26. The van der Waals surface area contributed by atoms with Crippen molar-refractivity contribution >= 4 is 40.3 Å². The fourth-order valence-corrected chi connectivity index (χ4v) is 4.45. The Morgan fingerprint density at radius 1 is 1.00 bits per heavy atom. The van der Waals surface area contributed by atoms with Crippen LogP contribution in [0, 0.1) is 0 Å². The molecule has 8 heteroatoms. The van der Waals surface area contributed by atoms with Crippen molar-refractivity contribution in [3.8, 4) is 0 Å². The fourth-order valence-electron chi connectivity index (χ4n) is 4.28. The number of nitrogens with zero attached hydrogens (tertiary/aromatic N) is 6. The molecular weight excluding hydrogens is 446 g/mol. The van der Waals surface area contributed by atoms with Gasteiger partial charge in [-0.1, -0.05) is 29.3 Å². The van der Waals surface area contributed by atoms with Crippen LogP contribution in [0.4, 0.5) is 5.69 Å². The van der Waals surface area contributed by atoms with Crippen LogP contribution in [0.1, 0.15) is 36.2 Å². The quantitative estimate of drug-likeness (QED) is 0.382. The number of hydrogen-bond donors (Lipinski definition) is 1. The molecule has 5 rings (SSSR count). The van der Waals surface area contributed by atoms with E-state index in [2.05, 4.69) is 37.8 Å². The molecule has 7 nitrogen and oxygen atoms in total. The van der Waals surface area contributed by atoms with Crippen molar-refractivity contribution in [3.05, 3.63) is 77.0 Å². The van der Waals surface area contributed by atoms with Gasteiger partial charge in [-0.05, 0) is 74.0 Å². The molecule has 3 aromatic heterocycles. The second-order valence-corrected chi connectivity index (χ2v) is 9.04. The van der Waals surface area contributed by atoms with E-state index in [1.165, 1.54) is 19.3 Å². The number of benzene rings is 1. The molecule has 1 aromatic carbocycles. The van der Waals surface area contributed by atoms with Crippen molar-refractivity contribution in [2.75, 3.05) is 25.0 Å². The summed E-state index contributed by atoms with van der Waals surface area (Å²) in [6, 6.07) is 11.8. The largest absolute Gasteiger partial charge is 0.383 e. The number of aromatic nitrogens is 5. The van der Waals surface area contributed by atoms with Crippen molar-refractivity contribution in [2.24, 2.45) is 0 Å². The van der Waals surface area contributed by atoms with Gasteiger partial charge in [0.1, 0.15) is 0 Å². The van der Waals surface area contributed by atoms with Crippen LogP contribution in [0.15, 0.2) is 55.0 Å². The molecule has 4 aromatic rings. The van der Waals surface area contributed by atoms with Crippen LogP contribution in [0.25, 0.3) is 23.1 Å². The van der Waals surface area contributed by atoms with Gasteiger partial charge in [0.05, 0.1) is 23.4 Å². The highest BCUT2D eigenvalue weighted by molar-refractivity contribution is 6.31. The van der Waals surface area contributed by atoms with Crippen molar-refractivity contribution in [1.29, 1.82) is 0 Å². The van der Waals surface area contributed by atoms with E-state index in [0.717, 1.165) is 59.7 Å². The third kappa shape index (κ3) is 5.79. The molecule has 1 fully saturated rings. The van der Waals surface area contributed by atoms with Gasteiger partial charge >= 0.3 is 0 Å². The van der Waals surface area contributed by atoms with E-state index in [1.54, 1.807) is 12.4 Å². The molecule has 1 aliphatic rings. The molecule has 4 heterocycles. The second-order valence-electron chi connectivity index (χ2n) is 8.61. The molecule has 1 aliphatic heterocycles. The zero-order chi connectivity index (χ0) is 23.2. The highest BCUT2D eigenvalue weighted by Gasteiger charge is 2.12. The summed E-state index contributed by atoms with van der Waals surface area (Å²) in [7, 11) is 0. The second kappa shape index (κ2) is 10.8. The van der Waals surface area contributed by atoms with Gasteiger partial charge in [0.2, 0.25) is 0 Å². The number of piperidine rings is 1. The minimum atomic E-state index is 0.691. The molecule has 0 amide bonds. The molecule has 1 saturated heterocycles. The lowest BCUT2D eigenvalue weighted by molar-refractivity contribution is 0.218. The van der Waals surface area contributed by atoms with E-state index in [9.17, 15) is 0 Å². The van der Waals surface area contributed by atoms with E-state index in [-0.39, 0.29) is 0 Å². The molecule has 0 aliphatic carbocycles. The van der Waals surface area contributed by atoms with Crippen molar-refractivity contribution in [3.63, 3.8) is 0 Å². The van der Waals surface area contributed by atoms with Crippen LogP contribution >= 0.6 is 11.6 Å². The van der Waals surface area contributed by atoms with E-state index >= 15 is 0 Å². The lowest BCUT2D eigenvalue weighted by Crippen LogP contribution is -2.29. The Morgan fingerprint density at radius 2 is 1.85 bits per heavy atom. The maximum atomic E-state index is 6.28. The van der Waals surface area contributed by atoms with Gasteiger partial charge in [-0.3, -0.25) is 14.6 Å². The Bertz CT molecular complexity index is 1260. The SMILES string of the molecule is Clc1ccc2nc(/C=C/c3ccncc3)cc(NCCn3cc(CN4CCCCC4)nn3)c2c1. The van der Waals surface area contributed by atoms with Gasteiger partial charge in [-0.15, -0.1) is 5.10 Å². The topological polar surface area (TPSA) is 71.8 Å². The Kier molecular flexibility index (Phi) is 7.12. The Labute approximate surface area is 204 Å². The number of fused-ring (bicyclic) bond motifs is 1. The minimum absolute atomic E-state index is 0.691. The molecule has 0 saturated carbocycles. The smallest absolute Gasteiger partial charge is 0.0967 e. The lowest BCUT2D eigenvalue weighted by atomic mass is 10.1. The van der Waals surface area contributed by atoms with E-state index < -0.39 is 0 Å². The van der Waals surface area contributed by atoms with E-state index in [4.69, 9.17) is 16.6 Å². The van der Waals surface area contributed by atoms with Gasteiger partial charge in [0.15, 0.2) is 0 Å². The first-order valence-corrected chi connectivity index (χ1v) is 12.1. The minimum Gasteiger partial charge on any atom is -0.383 e. The summed E-state index contributed by atoms with van der Waals surface area (Å²) in [5, 5.41) is 13.9. The van der Waals surface area contributed by atoms with Crippen LogP contribution < -0.4 is 5.32 Å². The average molecular weight is 474 g/mol. The summed E-state index contributed by atoms with van der Waals surface area (Å²) in [5.74, 6) is 0. The van der Waals surface area contributed by atoms with Crippen LogP contribution in [-0.4, -0.2) is 49.5 Å². The number of rotatable bonds is 8. The molecule has 0 atom stereocenters. The number of anilines is 1. The molecule has 0 bridgehead atoms. The van der Waals surface area contributed by atoms with Gasteiger partial charge in [0, 0.05) is 47.8 Å². The van der Waals surface area contributed by atoms with Gasteiger partial charge in [0.25, 0.3) is 0 Å². The highest BCUT2D eigenvalue weighted by atomic mass is 35.5. The maximum absolute atomic E-state index is 6.28. The van der Waals surface area contributed by atoms with Gasteiger partial charge < -0.3 is 5.32 Å². The number of halogens is 1. The molecule has 34 heavy (non-hydrogen) atoms. The van der Waals surface area contributed by atoms with Gasteiger partial charge in [-0.2, -0.15) is 0 Å². The molecule has 174 valence electrons. The normalized spacial score (nSPS) is 14.7. The van der Waals surface area contributed by atoms with Gasteiger partial charge in [-0.25, -0.2) is 4.98 Å². The van der Waals surface area contributed by atoms with E-state index in [1.807, 2.05) is 47.2 Å². The van der Waals surface area contributed by atoms with Crippen molar-refractivity contribution < 1.29 is 0 Å². The zero-order valence-electron chi connectivity index (χ0n) is 19.1. The summed E-state index contributed by atoms with van der Waals surface area (Å²) >= 11 is 6.28. The van der Waals surface area contributed by atoms with Crippen LogP contribution in [0.5, 0.6) is 0 Å². The third-order valence-electron chi connectivity index (χ3n) is 6.02. The average Bonchev–Trinajstić information content (AvgIpc) is 3.31. The van der Waals surface area contributed by atoms with Crippen molar-refractivity contribution in [1.82, 2.24) is 29.9 Å². The standard InChI is InChI=1S/C26H28ClN7/c27-21-5-7-25-24(16-21)26(17-22(30-25)6-4-20-8-10-28-11-9-20)29-12-15-34-19-23(31-32-34)18-33-13-2-1-3-14-33/h4-11,16-17,19H,1-3,12-15,18H2,(H,29,30)/b6-4+. The van der Waals surface area contributed by atoms with Crippen LogP contribution in [0.3, 0.4) is 0 Å². The fraction of sp³-hybridized carbons (Fsp3) is 0.308. The zero-order valence-corrected chi connectivity index (χ0v) is 19.8. The van der Waals surface area contributed by atoms with Crippen molar-refractivity contribution in [2.45, 2.75) is 32.4 Å². The number of likely N-dealkylation sites (tertiary alicyclic amines) is 1. The first-order chi connectivity index (χ1) is 16.7. The van der Waals surface area contributed by atoms with E-state index in [0.29, 0.717) is 11.6 Å². The monoisotopic (exact) mass is 473 g/mol. The lowest BCUT2D eigenvalue weighted by Gasteiger charge is -2.25. The Balaban J connectivity index is 1.28. The maximum Gasteiger partial charge on any atom is 0.0967 e. The Hall–Kier alpha value is -3.29. The predicted molar refractivity (Wildman–Crippen MR) is 138 cm³/mol. The summed E-state index contributed by atoms with van der Waals surface area (Å²) in [6.07, 6.45) is 13.6. The first-order valence-electron chi connectivity index (χ1n) is 11.8. The molecule has 0 radical (unpaired) electrons.